The first-order valence-electron chi connectivity index (χ1n) is 8.00. The van der Waals surface area contributed by atoms with Crippen LogP contribution in [0.15, 0.2) is 36.7 Å². The van der Waals surface area contributed by atoms with E-state index in [2.05, 4.69) is 9.97 Å². The Morgan fingerprint density at radius 1 is 1.21 bits per heavy atom. The van der Waals surface area contributed by atoms with Crippen molar-refractivity contribution in [3.05, 3.63) is 42.2 Å². The van der Waals surface area contributed by atoms with Crippen LogP contribution < -0.4 is 4.74 Å². The highest BCUT2D eigenvalue weighted by molar-refractivity contribution is 5.95. The second-order valence-electron chi connectivity index (χ2n) is 5.74. The number of likely N-dealkylation sites (tertiary alicyclic amines) is 1. The Labute approximate surface area is 141 Å². The van der Waals surface area contributed by atoms with Crippen molar-refractivity contribution >= 4 is 5.91 Å². The Hall–Kier alpha value is -2.47. The highest BCUT2D eigenvalue weighted by Crippen LogP contribution is 2.26. The third kappa shape index (κ3) is 3.23. The summed E-state index contributed by atoms with van der Waals surface area (Å²) >= 11 is 0. The van der Waals surface area contributed by atoms with E-state index in [1.54, 1.807) is 26.6 Å². The van der Waals surface area contributed by atoms with E-state index in [-0.39, 0.29) is 11.9 Å². The molecule has 6 nitrogen and oxygen atoms in total. The Kier molecular flexibility index (Phi) is 5.05. The number of hydrogen-bond donors (Lipinski definition) is 0. The molecular formula is C18H21N3O3. The van der Waals surface area contributed by atoms with E-state index in [4.69, 9.17) is 9.47 Å². The number of rotatable bonds is 5. The number of aromatic nitrogens is 2. The van der Waals surface area contributed by atoms with Crippen molar-refractivity contribution in [1.29, 1.82) is 0 Å². The number of ether oxygens (including phenoxy) is 2. The van der Waals surface area contributed by atoms with Crippen molar-refractivity contribution in [3.63, 3.8) is 0 Å². The van der Waals surface area contributed by atoms with Crippen molar-refractivity contribution in [2.45, 2.75) is 18.9 Å². The number of hydrogen-bond acceptors (Lipinski definition) is 5. The van der Waals surface area contributed by atoms with Crippen LogP contribution in [0.2, 0.25) is 0 Å². The predicted octanol–water partition coefficient (Wildman–Crippen LogP) is 2.40. The van der Waals surface area contributed by atoms with Gasteiger partial charge in [-0.05, 0) is 25.0 Å². The first kappa shape index (κ1) is 16.4. The lowest BCUT2D eigenvalue weighted by Gasteiger charge is -2.24. The third-order valence-corrected chi connectivity index (χ3v) is 4.26. The summed E-state index contributed by atoms with van der Waals surface area (Å²) in [6.45, 7) is 1.37. The van der Waals surface area contributed by atoms with Gasteiger partial charge in [0, 0.05) is 37.2 Å². The molecule has 0 radical (unpaired) electrons. The van der Waals surface area contributed by atoms with Crippen LogP contribution in [0.1, 0.15) is 23.2 Å². The summed E-state index contributed by atoms with van der Waals surface area (Å²) in [5.41, 5.74) is 2.20. The second kappa shape index (κ2) is 7.40. The molecule has 2 heterocycles. The molecule has 126 valence electrons. The molecule has 6 heteroatoms. The standard InChI is InChI=1S/C18H21N3O3/c1-23-12-15-4-3-11-21(15)18(22)14-7-5-13(6-8-14)16-17(24-2)20-10-9-19-16/h5-10,15H,3-4,11-12H2,1-2H3. The van der Waals surface area contributed by atoms with Crippen molar-refractivity contribution in [3.8, 4) is 17.1 Å². The van der Waals surface area contributed by atoms with E-state index >= 15 is 0 Å². The van der Waals surface area contributed by atoms with Crippen molar-refractivity contribution in [2.75, 3.05) is 27.4 Å². The van der Waals surface area contributed by atoms with Crippen LogP contribution in [-0.2, 0) is 4.74 Å². The summed E-state index contributed by atoms with van der Waals surface area (Å²) < 4.78 is 10.5. The first-order chi connectivity index (χ1) is 11.7. The summed E-state index contributed by atoms with van der Waals surface area (Å²) in [5.74, 6) is 0.517. The maximum atomic E-state index is 12.7. The van der Waals surface area contributed by atoms with E-state index in [1.807, 2.05) is 29.2 Å². The number of methoxy groups -OCH3 is 2. The smallest absolute Gasteiger partial charge is 0.254 e. The lowest BCUT2D eigenvalue weighted by molar-refractivity contribution is 0.0630. The van der Waals surface area contributed by atoms with E-state index in [0.717, 1.165) is 24.9 Å². The predicted molar refractivity (Wildman–Crippen MR) is 90.0 cm³/mol. The molecule has 1 saturated heterocycles. The van der Waals surface area contributed by atoms with Crippen LogP contribution in [-0.4, -0.2) is 54.2 Å². The van der Waals surface area contributed by atoms with Gasteiger partial charge in [0.25, 0.3) is 5.91 Å². The van der Waals surface area contributed by atoms with Crippen molar-refractivity contribution in [2.24, 2.45) is 0 Å². The minimum Gasteiger partial charge on any atom is -0.479 e. The van der Waals surface area contributed by atoms with E-state index < -0.39 is 0 Å². The highest BCUT2D eigenvalue weighted by Gasteiger charge is 2.29. The van der Waals surface area contributed by atoms with E-state index in [1.165, 1.54) is 0 Å². The van der Waals surface area contributed by atoms with Crippen molar-refractivity contribution in [1.82, 2.24) is 14.9 Å². The molecule has 0 bridgehead atoms. The van der Waals surface area contributed by atoms with Gasteiger partial charge >= 0.3 is 0 Å². The Morgan fingerprint density at radius 3 is 2.67 bits per heavy atom. The van der Waals surface area contributed by atoms with Crippen LogP contribution in [0, 0.1) is 0 Å². The molecule has 1 aliphatic heterocycles. The van der Waals surface area contributed by atoms with Gasteiger partial charge in [-0.1, -0.05) is 12.1 Å². The zero-order chi connectivity index (χ0) is 16.9. The number of carbonyl (C=O) groups excluding carboxylic acids is 1. The Balaban J connectivity index is 1.80. The molecule has 0 spiro atoms. The lowest BCUT2D eigenvalue weighted by Crippen LogP contribution is -2.38. The van der Waals surface area contributed by atoms with E-state index in [0.29, 0.717) is 23.7 Å². The topological polar surface area (TPSA) is 64.5 Å². The number of carbonyl (C=O) groups is 1. The number of amides is 1. The maximum absolute atomic E-state index is 12.7. The first-order valence-corrected chi connectivity index (χ1v) is 8.00. The molecule has 1 unspecified atom stereocenters. The summed E-state index contributed by atoms with van der Waals surface area (Å²) in [7, 11) is 3.23. The molecule has 1 amide bonds. The number of benzene rings is 1. The van der Waals surface area contributed by atoms with Crippen LogP contribution in [0.25, 0.3) is 11.3 Å². The number of nitrogens with zero attached hydrogens (tertiary/aromatic N) is 3. The van der Waals surface area contributed by atoms with Gasteiger partial charge in [-0.3, -0.25) is 4.79 Å². The SMILES string of the molecule is COCC1CCCN1C(=O)c1ccc(-c2nccnc2OC)cc1. The van der Waals surface area contributed by atoms with Crippen LogP contribution in [0.3, 0.4) is 0 Å². The molecule has 3 rings (SSSR count). The molecule has 0 N–H and O–H groups in total. The molecule has 1 aromatic carbocycles. The molecule has 2 aromatic rings. The largest absolute Gasteiger partial charge is 0.479 e. The molecule has 24 heavy (non-hydrogen) atoms. The van der Waals surface area contributed by atoms with Gasteiger partial charge in [-0.15, -0.1) is 0 Å². The zero-order valence-corrected chi connectivity index (χ0v) is 13.9. The molecule has 0 aliphatic carbocycles. The zero-order valence-electron chi connectivity index (χ0n) is 13.9. The monoisotopic (exact) mass is 327 g/mol. The Morgan fingerprint density at radius 2 is 1.96 bits per heavy atom. The average Bonchev–Trinajstić information content (AvgIpc) is 3.10. The quantitative estimate of drug-likeness (QED) is 0.844. The minimum atomic E-state index is 0.0483. The van der Waals surface area contributed by atoms with Gasteiger partial charge < -0.3 is 14.4 Å². The molecule has 1 aromatic heterocycles. The Bertz CT molecular complexity index is 703. The fourth-order valence-electron chi connectivity index (χ4n) is 3.08. The van der Waals surface area contributed by atoms with Crippen molar-refractivity contribution < 1.29 is 14.3 Å². The van der Waals surface area contributed by atoms with Crippen LogP contribution in [0.4, 0.5) is 0 Å². The summed E-state index contributed by atoms with van der Waals surface area (Å²) in [6.07, 6.45) is 5.23. The van der Waals surface area contributed by atoms with Gasteiger partial charge in [0.2, 0.25) is 5.88 Å². The summed E-state index contributed by atoms with van der Waals surface area (Å²) in [4.78, 5) is 23.1. The van der Waals surface area contributed by atoms with Crippen LogP contribution in [0.5, 0.6) is 5.88 Å². The fraction of sp³-hybridized carbons (Fsp3) is 0.389. The maximum Gasteiger partial charge on any atom is 0.254 e. The summed E-state index contributed by atoms with van der Waals surface area (Å²) in [6, 6.07) is 7.58. The van der Waals surface area contributed by atoms with E-state index in [9.17, 15) is 4.79 Å². The van der Waals surface area contributed by atoms with Gasteiger partial charge in [-0.25, -0.2) is 9.97 Å². The van der Waals surface area contributed by atoms with Crippen LogP contribution >= 0.6 is 0 Å². The average molecular weight is 327 g/mol. The molecule has 1 aliphatic rings. The van der Waals surface area contributed by atoms with Gasteiger partial charge in [0.05, 0.1) is 19.8 Å². The third-order valence-electron chi connectivity index (χ3n) is 4.26. The second-order valence-corrected chi connectivity index (χ2v) is 5.74. The molecule has 1 atom stereocenters. The minimum absolute atomic E-state index is 0.0483. The normalized spacial score (nSPS) is 17.1. The fourth-order valence-corrected chi connectivity index (χ4v) is 3.08. The van der Waals surface area contributed by atoms with Gasteiger partial charge in [-0.2, -0.15) is 0 Å². The molecular weight excluding hydrogens is 306 g/mol. The molecule has 1 fully saturated rings. The molecule has 0 saturated carbocycles. The van der Waals surface area contributed by atoms with Gasteiger partial charge in [0.15, 0.2) is 0 Å². The van der Waals surface area contributed by atoms with Gasteiger partial charge in [0.1, 0.15) is 5.69 Å². The highest BCUT2D eigenvalue weighted by atomic mass is 16.5. The summed E-state index contributed by atoms with van der Waals surface area (Å²) in [5, 5.41) is 0. The lowest BCUT2D eigenvalue weighted by atomic mass is 10.1.